The summed E-state index contributed by atoms with van der Waals surface area (Å²) >= 11 is 1.45. The standard InChI is InChI=1S/C20H20FN5O3S/c1-11(27)24-17-7-15(13(10-23-17)14-6-5-12(21)9-22-14)25-20-19(29-3)16(28-2)8-18(26-20)30-4/h5-10H,1-4H3,(H2,23,24,25,26,27). The number of ether oxygens (including phenoxy) is 2. The highest BCUT2D eigenvalue weighted by Gasteiger charge is 2.17. The van der Waals surface area contributed by atoms with Crippen molar-refractivity contribution in [3.05, 3.63) is 42.5 Å². The topological polar surface area (TPSA) is 98.3 Å². The third-order valence-corrected chi connectivity index (χ3v) is 4.64. The minimum Gasteiger partial charge on any atom is -0.493 e. The van der Waals surface area contributed by atoms with E-state index >= 15 is 0 Å². The Morgan fingerprint density at radius 2 is 1.93 bits per heavy atom. The van der Waals surface area contributed by atoms with Gasteiger partial charge in [-0.25, -0.2) is 14.4 Å². The number of hydrogen-bond acceptors (Lipinski definition) is 8. The fraction of sp³-hybridized carbons (Fsp3) is 0.200. The van der Waals surface area contributed by atoms with Crippen molar-refractivity contribution in [2.45, 2.75) is 11.9 Å². The lowest BCUT2D eigenvalue weighted by atomic mass is 10.1. The number of hydrogen-bond donors (Lipinski definition) is 2. The van der Waals surface area contributed by atoms with Crippen LogP contribution in [0.5, 0.6) is 11.5 Å². The Hall–Kier alpha value is -3.40. The molecule has 0 radical (unpaired) electrons. The third kappa shape index (κ3) is 4.77. The van der Waals surface area contributed by atoms with Crippen molar-refractivity contribution >= 4 is 35.0 Å². The average Bonchev–Trinajstić information content (AvgIpc) is 2.73. The summed E-state index contributed by atoms with van der Waals surface area (Å²) in [5.41, 5.74) is 1.62. The monoisotopic (exact) mass is 429 g/mol. The Balaban J connectivity index is 2.13. The molecule has 3 heterocycles. The number of methoxy groups -OCH3 is 2. The van der Waals surface area contributed by atoms with Gasteiger partial charge in [-0.15, -0.1) is 11.8 Å². The molecule has 8 nitrogen and oxygen atoms in total. The van der Waals surface area contributed by atoms with Crippen LogP contribution in [0.2, 0.25) is 0 Å². The molecule has 3 aromatic rings. The number of carbonyl (C=O) groups is 1. The Bertz CT molecular complexity index is 1060. The van der Waals surface area contributed by atoms with Crippen LogP contribution in [0.1, 0.15) is 6.92 Å². The van der Waals surface area contributed by atoms with Gasteiger partial charge in [-0.3, -0.25) is 9.78 Å². The molecule has 0 aromatic carbocycles. The normalized spacial score (nSPS) is 10.4. The number of thioether (sulfide) groups is 1. The summed E-state index contributed by atoms with van der Waals surface area (Å²) in [7, 11) is 3.06. The highest BCUT2D eigenvalue weighted by Crippen LogP contribution is 2.39. The van der Waals surface area contributed by atoms with Gasteiger partial charge in [0.15, 0.2) is 11.6 Å². The van der Waals surface area contributed by atoms with Crippen molar-refractivity contribution < 1.29 is 18.7 Å². The summed E-state index contributed by atoms with van der Waals surface area (Å²) in [6.45, 7) is 1.39. The summed E-state index contributed by atoms with van der Waals surface area (Å²) in [4.78, 5) is 24.4. The van der Waals surface area contributed by atoms with Crippen LogP contribution in [0.15, 0.2) is 41.7 Å². The molecule has 0 unspecified atom stereocenters. The second kappa shape index (κ2) is 9.40. The van der Waals surface area contributed by atoms with Crippen molar-refractivity contribution in [1.29, 1.82) is 0 Å². The van der Waals surface area contributed by atoms with E-state index in [1.54, 1.807) is 25.3 Å². The molecule has 0 aliphatic carbocycles. The molecule has 0 saturated carbocycles. The largest absolute Gasteiger partial charge is 0.493 e. The fourth-order valence-electron chi connectivity index (χ4n) is 2.70. The first kappa shape index (κ1) is 21.3. The lowest BCUT2D eigenvalue weighted by Gasteiger charge is -2.17. The van der Waals surface area contributed by atoms with E-state index in [9.17, 15) is 9.18 Å². The van der Waals surface area contributed by atoms with E-state index in [1.165, 1.54) is 38.1 Å². The molecule has 0 aliphatic heterocycles. The smallest absolute Gasteiger partial charge is 0.222 e. The van der Waals surface area contributed by atoms with Gasteiger partial charge < -0.3 is 20.1 Å². The van der Waals surface area contributed by atoms with Crippen molar-refractivity contribution in [2.75, 3.05) is 31.1 Å². The van der Waals surface area contributed by atoms with Gasteiger partial charge in [0.25, 0.3) is 0 Å². The van der Waals surface area contributed by atoms with Crippen molar-refractivity contribution in [3.8, 4) is 22.8 Å². The SMILES string of the molecule is COc1cc(SC)nc(Nc2cc(NC(C)=O)ncc2-c2ccc(F)cn2)c1OC. The molecule has 3 aromatic heterocycles. The summed E-state index contributed by atoms with van der Waals surface area (Å²) in [5, 5.41) is 6.57. The number of nitrogens with zero attached hydrogens (tertiary/aromatic N) is 3. The molecular weight excluding hydrogens is 409 g/mol. The van der Waals surface area contributed by atoms with Gasteiger partial charge in [-0.2, -0.15) is 0 Å². The molecule has 0 saturated heterocycles. The van der Waals surface area contributed by atoms with E-state index in [-0.39, 0.29) is 5.91 Å². The van der Waals surface area contributed by atoms with Crippen molar-refractivity contribution in [3.63, 3.8) is 0 Å². The predicted octanol–water partition coefficient (Wildman–Crippen LogP) is 4.12. The Kier molecular flexibility index (Phi) is 6.68. The number of nitrogens with one attached hydrogen (secondary N) is 2. The molecule has 30 heavy (non-hydrogen) atoms. The lowest BCUT2D eigenvalue weighted by Crippen LogP contribution is -2.09. The highest BCUT2D eigenvalue weighted by molar-refractivity contribution is 7.98. The molecule has 0 aliphatic rings. The van der Waals surface area contributed by atoms with E-state index in [0.717, 1.165) is 6.20 Å². The van der Waals surface area contributed by atoms with Crippen LogP contribution in [0.3, 0.4) is 0 Å². The second-order valence-corrected chi connectivity index (χ2v) is 6.86. The zero-order chi connectivity index (χ0) is 21.7. The van der Waals surface area contributed by atoms with E-state index in [4.69, 9.17) is 9.47 Å². The van der Waals surface area contributed by atoms with Gasteiger partial charge in [-0.05, 0) is 18.4 Å². The first-order valence-corrected chi connectivity index (χ1v) is 10.0. The van der Waals surface area contributed by atoms with Crippen LogP contribution in [-0.2, 0) is 4.79 Å². The molecule has 0 bridgehead atoms. The first-order valence-electron chi connectivity index (χ1n) is 8.78. The number of pyridine rings is 3. The molecule has 156 valence electrons. The summed E-state index contributed by atoms with van der Waals surface area (Å²) < 4.78 is 24.2. The molecule has 3 rings (SSSR count). The van der Waals surface area contributed by atoms with Crippen molar-refractivity contribution in [2.24, 2.45) is 0 Å². The molecule has 0 spiro atoms. The maximum Gasteiger partial charge on any atom is 0.222 e. The number of anilines is 3. The minimum atomic E-state index is -0.447. The summed E-state index contributed by atoms with van der Waals surface area (Å²) in [6, 6.07) is 6.26. The zero-order valence-electron chi connectivity index (χ0n) is 16.8. The van der Waals surface area contributed by atoms with E-state index in [1.807, 2.05) is 6.26 Å². The minimum absolute atomic E-state index is 0.261. The molecular formula is C20H20FN5O3S. The molecule has 10 heteroatoms. The van der Waals surface area contributed by atoms with Crippen LogP contribution in [0.25, 0.3) is 11.3 Å². The Morgan fingerprint density at radius 3 is 2.53 bits per heavy atom. The third-order valence-electron chi connectivity index (χ3n) is 4.01. The molecule has 0 atom stereocenters. The van der Waals surface area contributed by atoms with Gasteiger partial charge in [0.1, 0.15) is 16.7 Å². The van der Waals surface area contributed by atoms with E-state index in [0.29, 0.717) is 45.1 Å². The number of carbonyl (C=O) groups excluding carboxylic acids is 1. The number of amides is 1. The van der Waals surface area contributed by atoms with Gasteiger partial charge >= 0.3 is 0 Å². The van der Waals surface area contributed by atoms with Crippen LogP contribution < -0.4 is 20.1 Å². The number of aromatic nitrogens is 3. The zero-order valence-corrected chi connectivity index (χ0v) is 17.6. The van der Waals surface area contributed by atoms with Crippen LogP contribution >= 0.6 is 11.8 Å². The highest BCUT2D eigenvalue weighted by atomic mass is 32.2. The van der Waals surface area contributed by atoms with E-state index in [2.05, 4.69) is 25.6 Å². The summed E-state index contributed by atoms with van der Waals surface area (Å²) in [6.07, 6.45) is 4.56. The Morgan fingerprint density at radius 1 is 1.13 bits per heavy atom. The lowest BCUT2D eigenvalue weighted by molar-refractivity contribution is -0.114. The number of halogens is 1. The van der Waals surface area contributed by atoms with Gasteiger partial charge in [0, 0.05) is 30.8 Å². The quantitative estimate of drug-likeness (QED) is 0.541. The van der Waals surface area contributed by atoms with Gasteiger partial charge in [-0.1, -0.05) is 0 Å². The van der Waals surface area contributed by atoms with Crippen molar-refractivity contribution in [1.82, 2.24) is 15.0 Å². The maximum atomic E-state index is 13.3. The summed E-state index contributed by atoms with van der Waals surface area (Å²) in [5.74, 6) is 0.954. The maximum absolute atomic E-state index is 13.3. The average molecular weight is 429 g/mol. The molecule has 2 N–H and O–H groups in total. The fourth-order valence-corrected chi connectivity index (χ4v) is 3.11. The van der Waals surface area contributed by atoms with Crippen LogP contribution in [0, 0.1) is 5.82 Å². The van der Waals surface area contributed by atoms with Gasteiger partial charge in [0.05, 0.1) is 31.8 Å². The molecule has 1 amide bonds. The van der Waals surface area contributed by atoms with E-state index < -0.39 is 5.82 Å². The number of rotatable bonds is 7. The predicted molar refractivity (Wildman–Crippen MR) is 114 cm³/mol. The Labute approximate surface area is 177 Å². The second-order valence-electron chi connectivity index (χ2n) is 6.03. The van der Waals surface area contributed by atoms with Crippen LogP contribution in [-0.4, -0.2) is 41.3 Å². The van der Waals surface area contributed by atoms with Crippen LogP contribution in [0.4, 0.5) is 21.7 Å². The first-order chi connectivity index (χ1) is 14.4. The van der Waals surface area contributed by atoms with Gasteiger partial charge in [0.2, 0.25) is 11.7 Å². The molecule has 0 fully saturated rings.